The third-order valence-corrected chi connectivity index (χ3v) is 5.98. The van der Waals surface area contributed by atoms with E-state index in [0.717, 1.165) is 5.92 Å². The Morgan fingerprint density at radius 1 is 0.810 bits per heavy atom. The van der Waals surface area contributed by atoms with E-state index in [-0.39, 0.29) is 5.41 Å². The van der Waals surface area contributed by atoms with E-state index in [1.807, 2.05) is 0 Å². The summed E-state index contributed by atoms with van der Waals surface area (Å²) in [6.45, 7) is 0. The lowest BCUT2D eigenvalue weighted by molar-refractivity contribution is 0.283. The van der Waals surface area contributed by atoms with Gasteiger partial charge in [-0.05, 0) is 49.8 Å². The highest BCUT2D eigenvalue weighted by molar-refractivity contribution is 5.42. The lowest BCUT2D eigenvalue weighted by Crippen LogP contribution is -2.41. The first kappa shape index (κ1) is 13.1. The highest BCUT2D eigenvalue weighted by Gasteiger charge is 2.59. The van der Waals surface area contributed by atoms with Crippen molar-refractivity contribution in [2.24, 2.45) is 5.92 Å². The van der Waals surface area contributed by atoms with Crippen LogP contribution in [0.3, 0.4) is 0 Å². The molecule has 2 saturated carbocycles. The summed E-state index contributed by atoms with van der Waals surface area (Å²) in [5, 5.41) is 3.60. The molecule has 1 heteroatoms. The lowest BCUT2D eigenvalue weighted by atomic mass is 9.64. The number of hydrogen-bond acceptors (Lipinski definition) is 1. The van der Waals surface area contributed by atoms with Crippen LogP contribution in [-0.2, 0) is 5.41 Å². The summed E-state index contributed by atoms with van der Waals surface area (Å²) in [5.74, 6) is 0.830. The van der Waals surface area contributed by atoms with Gasteiger partial charge in [0, 0.05) is 11.0 Å². The number of rotatable bonds is 3. The molecular weight excluding hydrogens is 254 g/mol. The zero-order valence-electron chi connectivity index (χ0n) is 12.7. The molecule has 1 N–H and O–H groups in total. The molecule has 0 amide bonds. The fraction of sp³-hybridized carbons (Fsp3) is 0.400. The summed E-state index contributed by atoms with van der Waals surface area (Å²) in [5.41, 5.74) is 3.65. The van der Waals surface area contributed by atoms with Gasteiger partial charge in [0.15, 0.2) is 0 Å². The molecule has 108 valence electrons. The second-order valence-electron chi connectivity index (χ2n) is 6.83. The van der Waals surface area contributed by atoms with Gasteiger partial charge in [0.05, 0.1) is 0 Å². The average Bonchev–Trinajstić information content (AvgIpc) is 3.30. The molecule has 21 heavy (non-hydrogen) atoms. The lowest BCUT2D eigenvalue weighted by Gasteiger charge is -2.41. The minimum absolute atomic E-state index is 0.212. The quantitative estimate of drug-likeness (QED) is 0.889. The van der Waals surface area contributed by atoms with Gasteiger partial charge in [-0.15, -0.1) is 0 Å². The van der Waals surface area contributed by atoms with Gasteiger partial charge >= 0.3 is 0 Å². The molecule has 0 aromatic heterocycles. The van der Waals surface area contributed by atoms with Crippen LogP contribution in [0.2, 0.25) is 0 Å². The van der Waals surface area contributed by atoms with Gasteiger partial charge in [0.25, 0.3) is 0 Å². The fourth-order valence-electron chi connectivity index (χ4n) is 4.55. The van der Waals surface area contributed by atoms with Crippen LogP contribution in [0.1, 0.15) is 36.8 Å². The van der Waals surface area contributed by atoms with E-state index in [1.54, 1.807) is 0 Å². The van der Waals surface area contributed by atoms with E-state index in [1.165, 1.54) is 36.8 Å². The van der Waals surface area contributed by atoms with Gasteiger partial charge in [-0.1, -0.05) is 60.7 Å². The maximum atomic E-state index is 3.60. The Kier molecular flexibility index (Phi) is 2.93. The fourth-order valence-corrected chi connectivity index (χ4v) is 4.55. The van der Waals surface area contributed by atoms with Crippen molar-refractivity contribution >= 4 is 0 Å². The van der Waals surface area contributed by atoms with Crippen molar-refractivity contribution in [1.82, 2.24) is 5.32 Å². The Morgan fingerprint density at radius 3 is 1.86 bits per heavy atom. The number of fused-ring (bicyclic) bond motifs is 1. The van der Waals surface area contributed by atoms with Gasteiger partial charge in [0.2, 0.25) is 0 Å². The highest BCUT2D eigenvalue weighted by Crippen LogP contribution is 2.60. The summed E-state index contributed by atoms with van der Waals surface area (Å²) in [6, 6.07) is 22.3. The van der Waals surface area contributed by atoms with Gasteiger partial charge in [-0.2, -0.15) is 0 Å². The standard InChI is InChI=1S/C20H23N/c1-21-20-13-12-19(14-18(20)15-20,16-8-4-2-5-9-16)17-10-6-3-7-11-17/h2-11,18,21H,12-15H2,1H3. The van der Waals surface area contributed by atoms with Crippen LogP contribution >= 0.6 is 0 Å². The van der Waals surface area contributed by atoms with Crippen molar-refractivity contribution in [2.75, 3.05) is 7.05 Å². The topological polar surface area (TPSA) is 12.0 Å². The Balaban J connectivity index is 1.78. The number of hydrogen-bond donors (Lipinski definition) is 1. The van der Waals surface area contributed by atoms with Crippen LogP contribution in [0.5, 0.6) is 0 Å². The van der Waals surface area contributed by atoms with Crippen LogP contribution < -0.4 is 5.32 Å². The maximum Gasteiger partial charge on any atom is 0.0211 e. The van der Waals surface area contributed by atoms with Crippen LogP contribution in [-0.4, -0.2) is 12.6 Å². The Labute approximate surface area is 127 Å². The molecule has 0 spiro atoms. The van der Waals surface area contributed by atoms with Crippen LogP contribution in [0.25, 0.3) is 0 Å². The molecule has 2 fully saturated rings. The van der Waals surface area contributed by atoms with Crippen LogP contribution in [0.15, 0.2) is 60.7 Å². The highest BCUT2D eigenvalue weighted by atomic mass is 15.0. The van der Waals surface area contributed by atoms with Gasteiger partial charge in [-0.3, -0.25) is 0 Å². The van der Waals surface area contributed by atoms with Crippen molar-refractivity contribution in [2.45, 2.75) is 36.6 Å². The first-order valence-corrected chi connectivity index (χ1v) is 8.09. The first-order valence-electron chi connectivity index (χ1n) is 8.09. The molecule has 2 atom stereocenters. The van der Waals surface area contributed by atoms with Crippen molar-refractivity contribution in [3.8, 4) is 0 Å². The smallest absolute Gasteiger partial charge is 0.0211 e. The molecule has 0 radical (unpaired) electrons. The second kappa shape index (κ2) is 4.71. The molecule has 0 aliphatic heterocycles. The Bertz CT molecular complexity index is 579. The molecule has 2 unspecified atom stereocenters. The molecule has 0 saturated heterocycles. The minimum atomic E-state index is 0.212. The van der Waals surface area contributed by atoms with Crippen molar-refractivity contribution in [3.05, 3.63) is 71.8 Å². The number of benzene rings is 2. The molecule has 4 rings (SSSR count). The van der Waals surface area contributed by atoms with E-state index in [9.17, 15) is 0 Å². The van der Waals surface area contributed by atoms with Crippen molar-refractivity contribution < 1.29 is 0 Å². The predicted molar refractivity (Wildman–Crippen MR) is 87.4 cm³/mol. The monoisotopic (exact) mass is 277 g/mol. The molecular formula is C20H23N. The van der Waals surface area contributed by atoms with E-state index >= 15 is 0 Å². The molecule has 0 bridgehead atoms. The summed E-state index contributed by atoms with van der Waals surface area (Å²) in [7, 11) is 2.14. The first-order chi connectivity index (χ1) is 10.3. The maximum absolute atomic E-state index is 3.60. The SMILES string of the molecule is CNC12CCC(c3ccccc3)(c3ccccc3)CC1C2. The summed E-state index contributed by atoms with van der Waals surface area (Å²) >= 11 is 0. The third-order valence-electron chi connectivity index (χ3n) is 5.98. The van der Waals surface area contributed by atoms with E-state index in [2.05, 4.69) is 73.0 Å². The molecule has 2 aromatic rings. The average molecular weight is 277 g/mol. The Morgan fingerprint density at radius 2 is 1.38 bits per heavy atom. The van der Waals surface area contributed by atoms with Crippen molar-refractivity contribution in [3.63, 3.8) is 0 Å². The van der Waals surface area contributed by atoms with E-state index in [4.69, 9.17) is 0 Å². The Hall–Kier alpha value is -1.60. The minimum Gasteiger partial charge on any atom is -0.314 e. The van der Waals surface area contributed by atoms with E-state index < -0.39 is 0 Å². The van der Waals surface area contributed by atoms with Crippen LogP contribution in [0.4, 0.5) is 0 Å². The molecule has 2 aromatic carbocycles. The zero-order valence-corrected chi connectivity index (χ0v) is 12.7. The van der Waals surface area contributed by atoms with Crippen molar-refractivity contribution in [1.29, 1.82) is 0 Å². The summed E-state index contributed by atoms with van der Waals surface area (Å²) in [6.07, 6.45) is 5.17. The molecule has 2 aliphatic carbocycles. The predicted octanol–water partition coefficient (Wildman–Crippen LogP) is 4.13. The zero-order chi connectivity index (χ0) is 14.3. The number of nitrogens with one attached hydrogen (secondary N) is 1. The normalized spacial score (nSPS) is 29.7. The van der Waals surface area contributed by atoms with Gasteiger partial charge in [-0.25, -0.2) is 0 Å². The third kappa shape index (κ3) is 1.95. The van der Waals surface area contributed by atoms with Crippen LogP contribution in [0, 0.1) is 5.92 Å². The van der Waals surface area contributed by atoms with E-state index in [0.29, 0.717) is 5.54 Å². The summed E-state index contributed by atoms with van der Waals surface area (Å²) in [4.78, 5) is 0. The summed E-state index contributed by atoms with van der Waals surface area (Å²) < 4.78 is 0. The van der Waals surface area contributed by atoms with Gasteiger partial charge < -0.3 is 5.32 Å². The molecule has 1 nitrogen and oxygen atoms in total. The van der Waals surface area contributed by atoms with Gasteiger partial charge in [0.1, 0.15) is 0 Å². The molecule has 2 aliphatic rings. The molecule has 0 heterocycles. The second-order valence-corrected chi connectivity index (χ2v) is 6.83. The largest absolute Gasteiger partial charge is 0.314 e.